The first kappa shape index (κ1) is 14.9. The first-order chi connectivity index (χ1) is 10.6. The zero-order chi connectivity index (χ0) is 15.7. The van der Waals surface area contributed by atoms with Crippen LogP contribution in [0.3, 0.4) is 0 Å². The van der Waals surface area contributed by atoms with Crippen LogP contribution in [0.15, 0.2) is 42.5 Å². The summed E-state index contributed by atoms with van der Waals surface area (Å²) in [5.74, 6) is -0.00351. The Bertz CT molecular complexity index is 718. The van der Waals surface area contributed by atoms with Gasteiger partial charge >= 0.3 is 0 Å². The third kappa shape index (κ3) is 2.80. The van der Waals surface area contributed by atoms with Crippen molar-refractivity contribution in [2.24, 2.45) is 5.73 Å². The molecule has 3 N–H and O–H groups in total. The van der Waals surface area contributed by atoms with Gasteiger partial charge in [0.15, 0.2) is 0 Å². The van der Waals surface area contributed by atoms with E-state index < -0.39 is 6.04 Å². The molecule has 0 unspecified atom stereocenters. The second-order valence-electron chi connectivity index (χ2n) is 5.45. The molecular formula is C17H17ClN2O2. The molecule has 0 fully saturated rings. The van der Waals surface area contributed by atoms with Crippen molar-refractivity contribution < 1.29 is 9.90 Å². The van der Waals surface area contributed by atoms with E-state index in [0.717, 1.165) is 17.7 Å². The Hall–Kier alpha value is -2.04. The fourth-order valence-corrected chi connectivity index (χ4v) is 3.05. The van der Waals surface area contributed by atoms with Crippen LogP contribution in [0, 0.1) is 0 Å². The molecule has 0 aromatic heterocycles. The van der Waals surface area contributed by atoms with Gasteiger partial charge in [-0.3, -0.25) is 4.79 Å². The van der Waals surface area contributed by atoms with E-state index in [0.29, 0.717) is 18.0 Å². The number of aromatic hydroxyl groups is 1. The molecule has 1 aliphatic heterocycles. The zero-order valence-corrected chi connectivity index (χ0v) is 12.8. The van der Waals surface area contributed by atoms with Gasteiger partial charge in [0.05, 0.1) is 6.04 Å². The van der Waals surface area contributed by atoms with E-state index in [-0.39, 0.29) is 11.7 Å². The Morgan fingerprint density at radius 1 is 1.32 bits per heavy atom. The van der Waals surface area contributed by atoms with Gasteiger partial charge in [0.25, 0.3) is 0 Å². The molecule has 1 aliphatic rings. The van der Waals surface area contributed by atoms with E-state index in [1.807, 2.05) is 24.3 Å². The van der Waals surface area contributed by atoms with Crippen LogP contribution >= 0.6 is 11.6 Å². The summed E-state index contributed by atoms with van der Waals surface area (Å²) in [7, 11) is 0. The van der Waals surface area contributed by atoms with Crippen molar-refractivity contribution in [3.05, 3.63) is 58.6 Å². The number of phenols is 1. The molecule has 1 amide bonds. The molecule has 0 radical (unpaired) electrons. The molecule has 1 atom stereocenters. The molecule has 0 spiro atoms. The second kappa shape index (κ2) is 5.99. The Morgan fingerprint density at radius 2 is 2.09 bits per heavy atom. The summed E-state index contributed by atoms with van der Waals surface area (Å²) in [5, 5.41) is 9.79. The number of carbonyl (C=O) groups excluding carboxylic acids is 1. The minimum atomic E-state index is -0.659. The molecule has 2 aromatic rings. The zero-order valence-electron chi connectivity index (χ0n) is 12.0. The number of phenolic OH excluding ortho intramolecular Hbond substituents is 1. The first-order valence-electron chi connectivity index (χ1n) is 7.18. The molecule has 114 valence electrons. The molecular weight excluding hydrogens is 300 g/mol. The standard InChI is InChI=1S/C17H17ClN2O2/c18-14-10-13(21)6-5-12(14)9-15(19)17(22)20-8-7-11-3-1-2-4-16(11)20/h1-6,10,15,21H,7-9,19H2/t15-/m1/s1. The fourth-order valence-electron chi connectivity index (χ4n) is 2.79. The van der Waals surface area contributed by atoms with Crippen molar-refractivity contribution in [2.45, 2.75) is 18.9 Å². The lowest BCUT2D eigenvalue weighted by Gasteiger charge is -2.22. The lowest BCUT2D eigenvalue weighted by Crippen LogP contribution is -2.44. The normalized spacial score (nSPS) is 14.7. The van der Waals surface area contributed by atoms with Gasteiger partial charge < -0.3 is 15.7 Å². The smallest absolute Gasteiger partial charge is 0.244 e. The minimum Gasteiger partial charge on any atom is -0.508 e. The summed E-state index contributed by atoms with van der Waals surface area (Å²) in [6.07, 6.45) is 1.20. The number of amides is 1. The second-order valence-corrected chi connectivity index (χ2v) is 5.86. The van der Waals surface area contributed by atoms with Crippen LogP contribution in [0.5, 0.6) is 5.75 Å². The highest BCUT2D eigenvalue weighted by molar-refractivity contribution is 6.31. The number of para-hydroxylation sites is 1. The number of nitrogens with two attached hydrogens (primary N) is 1. The van der Waals surface area contributed by atoms with Gasteiger partial charge in [-0.1, -0.05) is 35.9 Å². The van der Waals surface area contributed by atoms with Gasteiger partial charge in [-0.05, 0) is 42.2 Å². The molecule has 22 heavy (non-hydrogen) atoms. The van der Waals surface area contributed by atoms with Crippen LogP contribution in [0.4, 0.5) is 5.69 Å². The predicted molar refractivity (Wildman–Crippen MR) is 87.3 cm³/mol. The maximum Gasteiger partial charge on any atom is 0.244 e. The van der Waals surface area contributed by atoms with Crippen molar-refractivity contribution >= 4 is 23.2 Å². The number of hydrogen-bond acceptors (Lipinski definition) is 3. The van der Waals surface area contributed by atoms with Gasteiger partial charge in [0, 0.05) is 17.3 Å². The van der Waals surface area contributed by atoms with Gasteiger partial charge in [0.1, 0.15) is 5.75 Å². The van der Waals surface area contributed by atoms with E-state index in [2.05, 4.69) is 0 Å². The first-order valence-corrected chi connectivity index (χ1v) is 7.56. The minimum absolute atomic E-state index is 0.0992. The average Bonchev–Trinajstić information content (AvgIpc) is 2.93. The summed E-state index contributed by atoms with van der Waals surface area (Å²) >= 11 is 6.08. The summed E-state index contributed by atoms with van der Waals surface area (Å²) in [6.45, 7) is 0.662. The Labute approximate surface area is 134 Å². The number of fused-ring (bicyclic) bond motifs is 1. The Balaban J connectivity index is 1.76. The van der Waals surface area contributed by atoms with E-state index in [1.54, 1.807) is 17.0 Å². The lowest BCUT2D eigenvalue weighted by atomic mass is 10.0. The van der Waals surface area contributed by atoms with Crippen molar-refractivity contribution in [2.75, 3.05) is 11.4 Å². The third-order valence-electron chi connectivity index (χ3n) is 3.95. The predicted octanol–water partition coefficient (Wildman–Crippen LogP) is 2.50. The summed E-state index contributed by atoms with van der Waals surface area (Å²) in [5.41, 5.74) is 8.95. The number of anilines is 1. The van der Waals surface area contributed by atoms with Crippen molar-refractivity contribution in [3.8, 4) is 5.75 Å². The van der Waals surface area contributed by atoms with Crippen LogP contribution in [0.2, 0.25) is 5.02 Å². The van der Waals surface area contributed by atoms with E-state index in [9.17, 15) is 9.90 Å². The van der Waals surface area contributed by atoms with E-state index in [4.69, 9.17) is 17.3 Å². The summed E-state index contributed by atoms with van der Waals surface area (Å²) < 4.78 is 0. The van der Waals surface area contributed by atoms with E-state index in [1.165, 1.54) is 11.6 Å². The summed E-state index contributed by atoms with van der Waals surface area (Å²) in [6, 6.07) is 11.9. The molecule has 0 saturated heterocycles. The molecule has 0 saturated carbocycles. The maximum absolute atomic E-state index is 12.6. The van der Waals surface area contributed by atoms with Crippen molar-refractivity contribution in [1.82, 2.24) is 0 Å². The lowest BCUT2D eigenvalue weighted by molar-refractivity contribution is -0.119. The molecule has 4 nitrogen and oxygen atoms in total. The average molecular weight is 317 g/mol. The topological polar surface area (TPSA) is 66.6 Å². The molecule has 3 rings (SSSR count). The van der Waals surface area contributed by atoms with Crippen LogP contribution in [0.1, 0.15) is 11.1 Å². The largest absolute Gasteiger partial charge is 0.508 e. The monoisotopic (exact) mass is 316 g/mol. The van der Waals surface area contributed by atoms with Crippen molar-refractivity contribution in [3.63, 3.8) is 0 Å². The summed E-state index contributed by atoms with van der Waals surface area (Å²) in [4.78, 5) is 14.3. The SMILES string of the molecule is N[C@H](Cc1ccc(O)cc1Cl)C(=O)N1CCc2ccccc21. The molecule has 0 aliphatic carbocycles. The van der Waals surface area contributed by atoms with E-state index >= 15 is 0 Å². The van der Waals surface area contributed by atoms with Gasteiger partial charge in [0.2, 0.25) is 5.91 Å². The van der Waals surface area contributed by atoms with Crippen LogP contribution in [-0.4, -0.2) is 23.6 Å². The van der Waals surface area contributed by atoms with Crippen LogP contribution in [0.25, 0.3) is 0 Å². The molecule has 0 bridgehead atoms. The Kier molecular flexibility index (Phi) is 4.05. The van der Waals surface area contributed by atoms with Crippen LogP contribution < -0.4 is 10.6 Å². The molecule has 1 heterocycles. The molecule has 2 aromatic carbocycles. The van der Waals surface area contributed by atoms with Crippen molar-refractivity contribution in [1.29, 1.82) is 0 Å². The molecule has 5 heteroatoms. The number of nitrogens with zero attached hydrogens (tertiary/aromatic N) is 1. The number of carbonyl (C=O) groups is 1. The quantitative estimate of drug-likeness (QED) is 0.914. The maximum atomic E-state index is 12.6. The highest BCUT2D eigenvalue weighted by Crippen LogP contribution is 2.28. The Morgan fingerprint density at radius 3 is 2.86 bits per heavy atom. The fraction of sp³-hybridized carbons (Fsp3) is 0.235. The van der Waals surface area contributed by atoms with Gasteiger partial charge in [-0.25, -0.2) is 0 Å². The van der Waals surface area contributed by atoms with Gasteiger partial charge in [-0.2, -0.15) is 0 Å². The highest BCUT2D eigenvalue weighted by Gasteiger charge is 2.28. The number of hydrogen-bond donors (Lipinski definition) is 2. The highest BCUT2D eigenvalue weighted by atomic mass is 35.5. The number of rotatable bonds is 3. The third-order valence-corrected chi connectivity index (χ3v) is 4.30. The van der Waals surface area contributed by atoms with Crippen LogP contribution in [-0.2, 0) is 17.6 Å². The van der Waals surface area contributed by atoms with Gasteiger partial charge in [-0.15, -0.1) is 0 Å². The number of benzene rings is 2. The number of halogens is 1.